The van der Waals surface area contributed by atoms with E-state index in [0.29, 0.717) is 11.6 Å². The number of halogens is 2. The van der Waals surface area contributed by atoms with Gasteiger partial charge in [0.25, 0.3) is 0 Å². The van der Waals surface area contributed by atoms with Crippen LogP contribution in [0.2, 0.25) is 10.0 Å². The van der Waals surface area contributed by atoms with Gasteiger partial charge in [-0.1, -0.05) is 60.0 Å². The van der Waals surface area contributed by atoms with Crippen molar-refractivity contribution in [3.8, 4) is 0 Å². The molecule has 1 N–H and O–H groups in total. The van der Waals surface area contributed by atoms with Crippen LogP contribution < -0.4 is 9.62 Å². The Morgan fingerprint density at radius 1 is 1.11 bits per heavy atom. The van der Waals surface area contributed by atoms with Crippen molar-refractivity contribution in [3.05, 3.63) is 63.6 Å². The molecule has 0 spiro atoms. The number of nitrogens with one attached hydrogen (secondary N) is 1. The maximum Gasteiger partial charge on any atom is 0.242 e. The van der Waals surface area contributed by atoms with Crippen molar-refractivity contribution in [2.24, 2.45) is 0 Å². The van der Waals surface area contributed by atoms with Gasteiger partial charge >= 0.3 is 0 Å². The van der Waals surface area contributed by atoms with E-state index >= 15 is 0 Å². The first-order chi connectivity index (χ1) is 16.4. The Morgan fingerprint density at radius 2 is 1.83 bits per heavy atom. The number of sulfonamides is 1. The SMILES string of the molecule is CCCNC(=O)C(C)N(Cc1cccc(C)c1)C(=O)CCCN(c1cc(Cl)ccc1Cl)S(C)(=O)=O. The molecule has 0 aromatic heterocycles. The number of carbonyl (C=O) groups is 2. The van der Waals surface area contributed by atoms with Crippen LogP contribution in [0.1, 0.15) is 44.2 Å². The molecule has 0 aliphatic heterocycles. The van der Waals surface area contributed by atoms with Crippen molar-refractivity contribution < 1.29 is 18.0 Å². The van der Waals surface area contributed by atoms with Crippen LogP contribution in [0.15, 0.2) is 42.5 Å². The van der Waals surface area contributed by atoms with Gasteiger partial charge in [-0.2, -0.15) is 0 Å². The second-order valence-corrected chi connectivity index (χ2v) is 11.3. The van der Waals surface area contributed by atoms with Crippen LogP contribution in [0.3, 0.4) is 0 Å². The highest BCUT2D eigenvalue weighted by molar-refractivity contribution is 7.92. The van der Waals surface area contributed by atoms with Gasteiger partial charge in [0.1, 0.15) is 6.04 Å². The summed E-state index contributed by atoms with van der Waals surface area (Å²) in [6.07, 6.45) is 2.16. The minimum absolute atomic E-state index is 0.0410. The zero-order valence-electron chi connectivity index (χ0n) is 20.6. The second kappa shape index (κ2) is 13.1. The third-order valence-electron chi connectivity index (χ3n) is 5.48. The van der Waals surface area contributed by atoms with Crippen molar-refractivity contribution in [2.45, 2.75) is 52.6 Å². The average molecular weight is 543 g/mol. The molecule has 2 aromatic carbocycles. The highest BCUT2D eigenvalue weighted by Gasteiger charge is 2.27. The van der Waals surface area contributed by atoms with Gasteiger partial charge in [-0.25, -0.2) is 8.42 Å². The monoisotopic (exact) mass is 541 g/mol. The number of hydrogen-bond donors (Lipinski definition) is 1. The van der Waals surface area contributed by atoms with Crippen LogP contribution in [0, 0.1) is 6.92 Å². The van der Waals surface area contributed by atoms with Crippen LogP contribution in [-0.4, -0.2) is 50.5 Å². The van der Waals surface area contributed by atoms with E-state index in [-0.39, 0.29) is 48.5 Å². The molecule has 2 amide bonds. The standard InChI is InChI=1S/C25H33Cl2N3O4S/c1-5-13-28-25(32)19(3)29(17-20-9-6-8-18(2)15-20)24(31)10-7-14-30(35(4,33)34)23-16-21(26)11-12-22(23)27/h6,8-9,11-12,15-16,19H,5,7,10,13-14,17H2,1-4H3,(H,28,32). The Kier molecular flexibility index (Phi) is 10.9. The number of amides is 2. The predicted molar refractivity (Wildman–Crippen MR) is 142 cm³/mol. The largest absolute Gasteiger partial charge is 0.354 e. The molecule has 1 unspecified atom stereocenters. The number of hydrogen-bond acceptors (Lipinski definition) is 4. The summed E-state index contributed by atoms with van der Waals surface area (Å²) in [5.41, 5.74) is 2.23. The Bertz CT molecular complexity index is 1140. The first kappa shape index (κ1) is 28.9. The van der Waals surface area contributed by atoms with E-state index in [1.807, 2.05) is 38.1 Å². The van der Waals surface area contributed by atoms with E-state index < -0.39 is 16.1 Å². The Labute approximate surface area is 218 Å². The molecule has 10 heteroatoms. The molecular weight excluding hydrogens is 509 g/mol. The topological polar surface area (TPSA) is 86.8 Å². The Morgan fingerprint density at radius 3 is 2.46 bits per heavy atom. The summed E-state index contributed by atoms with van der Waals surface area (Å²) in [5.74, 6) is -0.465. The first-order valence-electron chi connectivity index (χ1n) is 11.5. The van der Waals surface area contributed by atoms with E-state index in [4.69, 9.17) is 23.2 Å². The maximum absolute atomic E-state index is 13.3. The molecule has 7 nitrogen and oxygen atoms in total. The van der Waals surface area contributed by atoms with Crippen LogP contribution in [-0.2, 0) is 26.2 Å². The number of carbonyl (C=O) groups excluding carboxylic acids is 2. The normalized spacial score (nSPS) is 12.2. The van der Waals surface area contributed by atoms with Gasteiger partial charge in [0, 0.05) is 31.1 Å². The van der Waals surface area contributed by atoms with Crippen molar-refractivity contribution in [1.82, 2.24) is 10.2 Å². The third-order valence-corrected chi connectivity index (χ3v) is 7.22. The minimum Gasteiger partial charge on any atom is -0.354 e. The lowest BCUT2D eigenvalue weighted by Gasteiger charge is -2.29. The number of aryl methyl sites for hydroxylation is 1. The van der Waals surface area contributed by atoms with E-state index in [0.717, 1.165) is 28.1 Å². The van der Waals surface area contributed by atoms with Gasteiger partial charge in [-0.15, -0.1) is 0 Å². The minimum atomic E-state index is -3.67. The van der Waals surface area contributed by atoms with E-state index in [9.17, 15) is 18.0 Å². The molecule has 0 saturated carbocycles. The average Bonchev–Trinajstić information content (AvgIpc) is 2.79. The summed E-state index contributed by atoms with van der Waals surface area (Å²) in [6.45, 7) is 6.47. The molecule has 0 aliphatic carbocycles. The quantitative estimate of drug-likeness (QED) is 0.418. The van der Waals surface area contributed by atoms with Crippen LogP contribution in [0.4, 0.5) is 5.69 Å². The van der Waals surface area contributed by atoms with Gasteiger partial charge < -0.3 is 10.2 Å². The molecular formula is C25H33Cl2N3O4S. The fourth-order valence-electron chi connectivity index (χ4n) is 3.65. The summed E-state index contributed by atoms with van der Waals surface area (Å²) in [6, 6.07) is 11.7. The number of benzene rings is 2. The fourth-order valence-corrected chi connectivity index (χ4v) is 5.05. The zero-order valence-corrected chi connectivity index (χ0v) is 22.9. The predicted octanol–water partition coefficient (Wildman–Crippen LogP) is 4.79. The maximum atomic E-state index is 13.3. The van der Waals surface area contributed by atoms with E-state index in [1.165, 1.54) is 17.0 Å². The van der Waals surface area contributed by atoms with Gasteiger partial charge in [-0.05, 0) is 50.5 Å². The lowest BCUT2D eigenvalue weighted by atomic mass is 10.1. The number of anilines is 1. The van der Waals surface area contributed by atoms with Crippen LogP contribution in [0.25, 0.3) is 0 Å². The molecule has 35 heavy (non-hydrogen) atoms. The first-order valence-corrected chi connectivity index (χ1v) is 14.1. The lowest BCUT2D eigenvalue weighted by Crippen LogP contribution is -2.47. The molecule has 2 rings (SSSR count). The molecule has 2 aromatic rings. The van der Waals surface area contributed by atoms with Crippen LogP contribution >= 0.6 is 23.2 Å². The molecule has 1 atom stereocenters. The van der Waals surface area contributed by atoms with Crippen molar-refractivity contribution in [2.75, 3.05) is 23.7 Å². The van der Waals surface area contributed by atoms with Crippen molar-refractivity contribution in [1.29, 1.82) is 0 Å². The highest BCUT2D eigenvalue weighted by atomic mass is 35.5. The molecule has 0 heterocycles. The van der Waals surface area contributed by atoms with E-state index in [2.05, 4.69) is 5.32 Å². The van der Waals surface area contributed by atoms with Crippen molar-refractivity contribution >= 4 is 50.7 Å². The molecule has 192 valence electrons. The molecule has 0 radical (unpaired) electrons. The summed E-state index contributed by atoms with van der Waals surface area (Å²) >= 11 is 12.3. The van der Waals surface area contributed by atoms with Crippen LogP contribution in [0.5, 0.6) is 0 Å². The smallest absolute Gasteiger partial charge is 0.242 e. The van der Waals surface area contributed by atoms with Gasteiger partial charge in [0.05, 0.1) is 17.0 Å². The fraction of sp³-hybridized carbons (Fsp3) is 0.440. The van der Waals surface area contributed by atoms with Gasteiger partial charge in [0.15, 0.2) is 0 Å². The summed E-state index contributed by atoms with van der Waals surface area (Å²) < 4.78 is 26.1. The van der Waals surface area contributed by atoms with Crippen molar-refractivity contribution in [3.63, 3.8) is 0 Å². The molecule has 0 aliphatic rings. The van der Waals surface area contributed by atoms with Gasteiger partial charge in [0.2, 0.25) is 21.8 Å². The third kappa shape index (κ3) is 8.70. The highest BCUT2D eigenvalue weighted by Crippen LogP contribution is 2.31. The number of rotatable bonds is 12. The number of nitrogens with zero attached hydrogens (tertiary/aromatic N) is 2. The summed E-state index contributed by atoms with van der Waals surface area (Å²) in [7, 11) is -3.67. The lowest BCUT2D eigenvalue weighted by molar-refractivity contribution is -0.140. The Hall–Kier alpha value is -2.29. The summed E-state index contributed by atoms with van der Waals surface area (Å²) in [4.78, 5) is 27.5. The van der Waals surface area contributed by atoms with Gasteiger partial charge in [-0.3, -0.25) is 13.9 Å². The zero-order chi connectivity index (χ0) is 26.2. The molecule has 0 saturated heterocycles. The molecule has 0 bridgehead atoms. The van der Waals surface area contributed by atoms with E-state index in [1.54, 1.807) is 13.0 Å². The molecule has 0 fully saturated rings. The summed E-state index contributed by atoms with van der Waals surface area (Å²) in [5, 5.41) is 3.44. The second-order valence-electron chi connectivity index (χ2n) is 8.51. The Balaban J connectivity index is 2.19.